The first-order valence-electron chi connectivity index (χ1n) is 16.1. The standard InChI is InChI=1S/C33H55N3O2/c1-2-3-4-5-6-7-8-9-10-11-12-13-14-20-27-36-30-23-18-17-22-29(30)35-32(36)25-16-15-19-26-34-33(37)31-24-21-28-38-31/h17-18,22-23,31H,2-16,19-21,24-28H2,1H3,(H,34,37). The highest BCUT2D eigenvalue weighted by Gasteiger charge is 2.22. The minimum Gasteiger partial charge on any atom is -0.368 e. The van der Waals surface area contributed by atoms with E-state index in [2.05, 4.69) is 41.1 Å². The summed E-state index contributed by atoms with van der Waals surface area (Å²) in [6.45, 7) is 4.83. The number of fused-ring (bicyclic) bond motifs is 1. The molecule has 5 nitrogen and oxygen atoms in total. The van der Waals surface area contributed by atoms with Gasteiger partial charge >= 0.3 is 0 Å². The first-order valence-corrected chi connectivity index (χ1v) is 16.1. The summed E-state index contributed by atoms with van der Waals surface area (Å²) in [4.78, 5) is 17.0. The molecule has 1 amide bonds. The van der Waals surface area contributed by atoms with Gasteiger partial charge in [0, 0.05) is 26.1 Å². The van der Waals surface area contributed by atoms with Crippen LogP contribution in [0.4, 0.5) is 0 Å². The van der Waals surface area contributed by atoms with Crippen molar-refractivity contribution in [2.75, 3.05) is 13.2 Å². The number of nitrogens with one attached hydrogen (secondary N) is 1. The smallest absolute Gasteiger partial charge is 0.249 e. The Morgan fingerprint density at radius 3 is 2.16 bits per heavy atom. The minimum absolute atomic E-state index is 0.0671. The fraction of sp³-hybridized carbons (Fsp3) is 0.758. The second kappa shape index (κ2) is 19.2. The first-order chi connectivity index (χ1) is 18.8. The van der Waals surface area contributed by atoms with Crippen molar-refractivity contribution in [2.24, 2.45) is 0 Å². The van der Waals surface area contributed by atoms with E-state index in [0.29, 0.717) is 0 Å². The van der Waals surface area contributed by atoms with Crippen LogP contribution >= 0.6 is 0 Å². The Hall–Kier alpha value is -1.88. The van der Waals surface area contributed by atoms with Gasteiger partial charge in [-0.1, -0.05) is 109 Å². The van der Waals surface area contributed by atoms with Crippen LogP contribution in [0.2, 0.25) is 0 Å². The van der Waals surface area contributed by atoms with Crippen LogP contribution in [0.15, 0.2) is 24.3 Å². The number of aryl methyl sites for hydroxylation is 2. The average Bonchev–Trinajstić information content (AvgIpc) is 3.59. The van der Waals surface area contributed by atoms with Crippen molar-refractivity contribution in [2.45, 2.75) is 148 Å². The molecule has 1 unspecified atom stereocenters. The summed E-state index contributed by atoms with van der Waals surface area (Å²) in [6, 6.07) is 8.58. The van der Waals surface area contributed by atoms with Gasteiger partial charge in [0.25, 0.3) is 0 Å². The van der Waals surface area contributed by atoms with Gasteiger partial charge in [0.15, 0.2) is 0 Å². The molecule has 1 N–H and O–H groups in total. The van der Waals surface area contributed by atoms with E-state index < -0.39 is 0 Å². The van der Waals surface area contributed by atoms with Crippen LogP contribution in [0, 0.1) is 0 Å². The van der Waals surface area contributed by atoms with Crippen LogP contribution in [-0.4, -0.2) is 34.7 Å². The Morgan fingerprint density at radius 1 is 0.868 bits per heavy atom. The van der Waals surface area contributed by atoms with Gasteiger partial charge < -0.3 is 14.6 Å². The number of ether oxygens (including phenoxy) is 1. The molecule has 1 saturated heterocycles. The van der Waals surface area contributed by atoms with Crippen molar-refractivity contribution in [1.29, 1.82) is 0 Å². The molecular weight excluding hydrogens is 470 g/mol. The third-order valence-electron chi connectivity index (χ3n) is 8.07. The van der Waals surface area contributed by atoms with Gasteiger partial charge in [0.1, 0.15) is 11.9 Å². The molecule has 1 atom stereocenters. The monoisotopic (exact) mass is 525 g/mol. The number of nitrogens with zero attached hydrogens (tertiary/aromatic N) is 2. The van der Waals surface area contributed by atoms with Crippen molar-refractivity contribution in [3.05, 3.63) is 30.1 Å². The molecular formula is C33H55N3O2. The number of amides is 1. The molecule has 1 aliphatic rings. The third kappa shape index (κ3) is 11.5. The minimum atomic E-state index is -0.218. The molecule has 1 aromatic heterocycles. The fourth-order valence-electron chi connectivity index (χ4n) is 5.72. The maximum absolute atomic E-state index is 12.1. The van der Waals surface area contributed by atoms with Crippen molar-refractivity contribution >= 4 is 16.9 Å². The highest BCUT2D eigenvalue weighted by atomic mass is 16.5. The van der Waals surface area contributed by atoms with E-state index in [-0.39, 0.29) is 12.0 Å². The predicted octanol–water partition coefficient (Wildman–Crippen LogP) is 8.53. The van der Waals surface area contributed by atoms with Gasteiger partial charge in [-0.05, 0) is 44.2 Å². The summed E-state index contributed by atoms with van der Waals surface area (Å²) in [6.07, 6.45) is 25.4. The number of benzene rings is 1. The Kier molecular flexibility index (Phi) is 15.5. The molecule has 5 heteroatoms. The molecule has 1 aliphatic heterocycles. The third-order valence-corrected chi connectivity index (χ3v) is 8.07. The number of hydrogen-bond acceptors (Lipinski definition) is 3. The lowest BCUT2D eigenvalue weighted by atomic mass is 10.0. The van der Waals surface area contributed by atoms with E-state index >= 15 is 0 Å². The number of carbonyl (C=O) groups excluding carboxylic acids is 1. The molecule has 0 aliphatic carbocycles. The van der Waals surface area contributed by atoms with E-state index in [1.165, 1.54) is 101 Å². The molecule has 0 bridgehead atoms. The van der Waals surface area contributed by atoms with E-state index in [0.717, 1.165) is 63.7 Å². The van der Waals surface area contributed by atoms with Crippen LogP contribution in [0.25, 0.3) is 11.0 Å². The zero-order chi connectivity index (χ0) is 26.7. The number of imidazole rings is 1. The Morgan fingerprint density at radius 2 is 1.50 bits per heavy atom. The second-order valence-electron chi connectivity index (χ2n) is 11.4. The van der Waals surface area contributed by atoms with Crippen molar-refractivity contribution in [1.82, 2.24) is 14.9 Å². The largest absolute Gasteiger partial charge is 0.368 e. The SMILES string of the molecule is CCCCCCCCCCCCCCCCn1c(CCCCCNC(=O)C2CCCO2)nc2ccccc21. The lowest BCUT2D eigenvalue weighted by Crippen LogP contribution is -2.34. The molecule has 0 radical (unpaired) electrons. The highest BCUT2D eigenvalue weighted by molar-refractivity contribution is 5.80. The molecule has 3 rings (SSSR count). The van der Waals surface area contributed by atoms with Gasteiger partial charge in [-0.2, -0.15) is 0 Å². The van der Waals surface area contributed by atoms with Crippen LogP contribution in [0.3, 0.4) is 0 Å². The number of rotatable bonds is 22. The van der Waals surface area contributed by atoms with E-state index in [9.17, 15) is 4.79 Å². The van der Waals surface area contributed by atoms with Crippen LogP contribution in [0.5, 0.6) is 0 Å². The Bertz CT molecular complexity index is 887. The lowest BCUT2D eigenvalue weighted by Gasteiger charge is -2.11. The Balaban J connectivity index is 1.25. The number of carbonyl (C=O) groups is 1. The van der Waals surface area contributed by atoms with Crippen molar-refractivity contribution in [3.63, 3.8) is 0 Å². The lowest BCUT2D eigenvalue weighted by molar-refractivity contribution is -0.130. The molecule has 0 spiro atoms. The molecule has 214 valence electrons. The van der Waals surface area contributed by atoms with Crippen molar-refractivity contribution < 1.29 is 9.53 Å². The molecule has 2 aromatic rings. The maximum atomic E-state index is 12.1. The summed E-state index contributed by atoms with van der Waals surface area (Å²) in [5.41, 5.74) is 2.40. The fourth-order valence-corrected chi connectivity index (χ4v) is 5.72. The van der Waals surface area contributed by atoms with Crippen LogP contribution < -0.4 is 5.32 Å². The van der Waals surface area contributed by atoms with E-state index in [1.807, 2.05) is 0 Å². The summed E-state index contributed by atoms with van der Waals surface area (Å²) in [7, 11) is 0. The van der Waals surface area contributed by atoms with Gasteiger partial charge in [-0.3, -0.25) is 4.79 Å². The quantitative estimate of drug-likeness (QED) is 0.157. The Labute approximate surface area is 232 Å². The molecule has 1 fully saturated rings. The van der Waals surface area contributed by atoms with Crippen molar-refractivity contribution in [3.8, 4) is 0 Å². The van der Waals surface area contributed by atoms with Gasteiger partial charge in [0.05, 0.1) is 11.0 Å². The molecule has 38 heavy (non-hydrogen) atoms. The highest BCUT2D eigenvalue weighted by Crippen LogP contribution is 2.20. The molecule has 0 saturated carbocycles. The summed E-state index contributed by atoms with van der Waals surface area (Å²) in [5, 5.41) is 3.04. The topological polar surface area (TPSA) is 56.2 Å². The second-order valence-corrected chi connectivity index (χ2v) is 11.4. The molecule has 2 heterocycles. The zero-order valence-electron chi connectivity index (χ0n) is 24.4. The van der Waals surface area contributed by atoms with Crippen LogP contribution in [-0.2, 0) is 22.5 Å². The predicted molar refractivity (Wildman–Crippen MR) is 160 cm³/mol. The normalized spacial score (nSPS) is 15.4. The number of para-hydroxylation sites is 2. The maximum Gasteiger partial charge on any atom is 0.249 e. The summed E-state index contributed by atoms with van der Waals surface area (Å²) >= 11 is 0. The van der Waals surface area contributed by atoms with E-state index in [4.69, 9.17) is 9.72 Å². The van der Waals surface area contributed by atoms with Crippen LogP contribution in [0.1, 0.15) is 135 Å². The number of unbranched alkanes of at least 4 members (excludes halogenated alkanes) is 15. The zero-order valence-corrected chi connectivity index (χ0v) is 24.4. The number of hydrogen-bond donors (Lipinski definition) is 1. The van der Waals surface area contributed by atoms with Gasteiger partial charge in [-0.15, -0.1) is 0 Å². The summed E-state index contributed by atoms with van der Waals surface area (Å²) in [5.74, 6) is 1.29. The van der Waals surface area contributed by atoms with Gasteiger partial charge in [0.2, 0.25) is 5.91 Å². The first kappa shape index (κ1) is 30.7. The summed E-state index contributed by atoms with van der Waals surface area (Å²) < 4.78 is 7.93. The van der Waals surface area contributed by atoms with E-state index in [1.54, 1.807) is 0 Å². The van der Waals surface area contributed by atoms with Gasteiger partial charge in [-0.25, -0.2) is 4.98 Å². The number of aromatic nitrogens is 2. The molecule has 1 aromatic carbocycles. The average molecular weight is 526 g/mol.